The number of benzene rings is 3. The Labute approximate surface area is 199 Å². The normalized spacial score (nSPS) is 14.0. The van der Waals surface area contributed by atoms with Crippen LogP contribution in [0.4, 0.5) is 5.69 Å². The largest absolute Gasteiger partial charge is 0.331 e. The first-order valence-corrected chi connectivity index (χ1v) is 12.8. The van der Waals surface area contributed by atoms with Crippen molar-refractivity contribution in [2.75, 3.05) is 7.05 Å². The Morgan fingerprint density at radius 1 is 0.848 bits per heavy atom. The first kappa shape index (κ1) is 23.0. The summed E-state index contributed by atoms with van der Waals surface area (Å²) < 4.78 is 2.40. The Hall–Kier alpha value is -3.22. The third kappa shape index (κ3) is 5.59. The molecule has 0 aromatic heterocycles. The molecule has 0 bridgehead atoms. The zero-order valence-electron chi connectivity index (χ0n) is 19.6. The molecule has 0 radical (unpaired) electrons. The van der Waals surface area contributed by atoms with Gasteiger partial charge < -0.3 is 4.67 Å². The van der Waals surface area contributed by atoms with Gasteiger partial charge in [-0.15, -0.1) is 0 Å². The smallest absolute Gasteiger partial charge is 0.136 e. The second kappa shape index (κ2) is 11.1. The van der Waals surface area contributed by atoms with E-state index in [-0.39, 0.29) is 0 Å². The Kier molecular flexibility index (Phi) is 7.70. The molecule has 1 aliphatic carbocycles. The highest BCUT2D eigenvalue weighted by Crippen LogP contribution is 2.40. The molecule has 0 saturated heterocycles. The molecule has 3 aromatic rings. The van der Waals surface area contributed by atoms with Crippen LogP contribution in [0.2, 0.25) is 0 Å². The van der Waals surface area contributed by atoms with Gasteiger partial charge in [-0.3, -0.25) is 0 Å². The van der Waals surface area contributed by atoms with E-state index in [1.807, 2.05) is 0 Å². The summed E-state index contributed by atoms with van der Waals surface area (Å²) >= 11 is 0. The van der Waals surface area contributed by atoms with E-state index in [9.17, 15) is 0 Å². The lowest BCUT2D eigenvalue weighted by molar-refractivity contribution is 0.821. The molecule has 2 nitrogen and oxygen atoms in total. The maximum Gasteiger partial charge on any atom is 0.136 e. The predicted molar refractivity (Wildman–Crippen MR) is 145 cm³/mol. The number of hydrogen-bond acceptors (Lipinski definition) is 1. The van der Waals surface area contributed by atoms with Crippen LogP contribution in [0.25, 0.3) is 0 Å². The van der Waals surface area contributed by atoms with Gasteiger partial charge in [-0.2, -0.15) is 0 Å². The Bertz CT molecular complexity index is 1150. The van der Waals surface area contributed by atoms with Crippen molar-refractivity contribution in [1.82, 2.24) is 4.67 Å². The highest BCUT2D eigenvalue weighted by atomic mass is 31.1. The molecule has 3 aromatic carbocycles. The minimum atomic E-state index is -0.789. The lowest BCUT2D eigenvalue weighted by Crippen LogP contribution is -2.31. The van der Waals surface area contributed by atoms with E-state index in [1.165, 1.54) is 27.3 Å². The van der Waals surface area contributed by atoms with E-state index in [4.69, 9.17) is 4.99 Å². The van der Waals surface area contributed by atoms with Crippen LogP contribution >= 0.6 is 8.07 Å². The molecule has 0 atom stereocenters. The molecule has 4 rings (SSSR count). The molecule has 1 aliphatic rings. The topological polar surface area (TPSA) is 15.6 Å². The van der Waals surface area contributed by atoms with Gasteiger partial charge in [0.15, 0.2) is 0 Å². The number of hydrogen-bond donors (Lipinski definition) is 0. The molecule has 0 N–H and O–H groups in total. The van der Waals surface area contributed by atoms with Crippen LogP contribution in [-0.4, -0.2) is 17.6 Å². The fraction of sp³-hybridized carbons (Fsp3) is 0.167. The summed E-state index contributed by atoms with van der Waals surface area (Å²) in [6, 6.07) is 30.1. The Morgan fingerprint density at radius 3 is 2.09 bits per heavy atom. The summed E-state index contributed by atoms with van der Waals surface area (Å²) in [7, 11) is 1.41. The number of para-hydroxylation sites is 1. The molecular weight excluding hydrogens is 419 g/mol. The van der Waals surface area contributed by atoms with E-state index in [0.717, 1.165) is 24.4 Å². The average molecular weight is 451 g/mol. The minimum Gasteiger partial charge on any atom is -0.331 e. The van der Waals surface area contributed by atoms with Gasteiger partial charge in [0.1, 0.15) is 5.84 Å². The van der Waals surface area contributed by atoms with Crippen LogP contribution in [0.15, 0.2) is 125 Å². The van der Waals surface area contributed by atoms with Crippen LogP contribution in [0.3, 0.4) is 0 Å². The van der Waals surface area contributed by atoms with E-state index in [2.05, 4.69) is 135 Å². The Balaban J connectivity index is 1.88. The van der Waals surface area contributed by atoms with Crippen molar-refractivity contribution >= 4 is 30.2 Å². The van der Waals surface area contributed by atoms with Crippen molar-refractivity contribution in [2.45, 2.75) is 26.7 Å². The number of aliphatic imine (C=N–C) groups is 1. The fourth-order valence-corrected chi connectivity index (χ4v) is 6.27. The lowest BCUT2D eigenvalue weighted by atomic mass is 10.1. The maximum atomic E-state index is 5.32. The molecule has 0 unspecified atom stereocenters. The van der Waals surface area contributed by atoms with Crippen LogP contribution < -0.4 is 10.6 Å². The van der Waals surface area contributed by atoms with Gasteiger partial charge in [-0.1, -0.05) is 116 Å². The molecule has 166 valence electrons. The second-order valence-corrected chi connectivity index (χ2v) is 10.4. The van der Waals surface area contributed by atoms with Crippen LogP contribution in [-0.2, 0) is 6.42 Å². The van der Waals surface area contributed by atoms with Gasteiger partial charge in [-0.05, 0) is 37.0 Å². The standard InChI is InChI=1S/C30H31N2P/c1-4-25-15-11-12-21-29(25)31-30(26-16-13-14-24(2)22-23-26)32(3)33(27-17-7-5-8-18-27)28-19-9-6-10-20-28/h5-15,17-23H,4,16H2,1-3H3/b31-30+. The molecule has 0 saturated carbocycles. The number of rotatable bonds is 6. The minimum absolute atomic E-state index is 0.789. The summed E-state index contributed by atoms with van der Waals surface area (Å²) in [4.78, 5) is 5.32. The van der Waals surface area contributed by atoms with Crippen molar-refractivity contribution in [1.29, 1.82) is 0 Å². The van der Waals surface area contributed by atoms with E-state index in [1.54, 1.807) is 0 Å². The molecule has 0 aliphatic heterocycles. The third-order valence-corrected chi connectivity index (χ3v) is 8.12. The summed E-state index contributed by atoms with van der Waals surface area (Å²) in [6.07, 6.45) is 10.7. The number of aryl methyl sites for hydroxylation is 1. The van der Waals surface area contributed by atoms with Crippen molar-refractivity contribution in [3.8, 4) is 0 Å². The van der Waals surface area contributed by atoms with Gasteiger partial charge in [-0.25, -0.2) is 4.99 Å². The summed E-state index contributed by atoms with van der Waals surface area (Å²) in [5.41, 5.74) is 4.81. The molecular formula is C30H31N2P. The number of likely N-dealkylation sites (N-methyl/N-ethyl adjacent to an activating group) is 1. The lowest BCUT2D eigenvalue weighted by Gasteiger charge is -2.32. The zero-order valence-corrected chi connectivity index (χ0v) is 20.5. The molecule has 0 amide bonds. The monoisotopic (exact) mass is 450 g/mol. The highest BCUT2D eigenvalue weighted by Gasteiger charge is 2.24. The SMILES string of the molecule is CCc1ccccc1/N=C(\C1=CC=C(C)C=CC1)N(C)P(c1ccccc1)c1ccccc1. The maximum absolute atomic E-state index is 5.32. The summed E-state index contributed by atoms with van der Waals surface area (Å²) in [5.74, 6) is 1.03. The van der Waals surface area contributed by atoms with Crippen LogP contribution in [0.5, 0.6) is 0 Å². The van der Waals surface area contributed by atoms with Gasteiger partial charge in [0, 0.05) is 17.7 Å². The highest BCUT2D eigenvalue weighted by molar-refractivity contribution is 7.71. The van der Waals surface area contributed by atoms with Gasteiger partial charge >= 0.3 is 0 Å². The molecule has 0 fully saturated rings. The summed E-state index contributed by atoms with van der Waals surface area (Å²) in [6.45, 7) is 4.34. The second-order valence-electron chi connectivity index (χ2n) is 8.13. The predicted octanol–water partition coefficient (Wildman–Crippen LogP) is 7.09. The number of nitrogens with zero attached hydrogens (tertiary/aromatic N) is 2. The average Bonchev–Trinajstić information content (AvgIpc) is 3.08. The van der Waals surface area contributed by atoms with Crippen LogP contribution in [0, 0.1) is 0 Å². The number of amidine groups is 1. The van der Waals surface area contributed by atoms with Gasteiger partial charge in [0.25, 0.3) is 0 Å². The molecule has 33 heavy (non-hydrogen) atoms. The van der Waals surface area contributed by atoms with Crippen molar-refractivity contribution in [3.05, 3.63) is 126 Å². The zero-order chi connectivity index (χ0) is 23.0. The molecule has 0 spiro atoms. The fourth-order valence-electron chi connectivity index (χ4n) is 4.01. The van der Waals surface area contributed by atoms with Gasteiger partial charge in [0.05, 0.1) is 13.8 Å². The Morgan fingerprint density at radius 2 is 1.45 bits per heavy atom. The van der Waals surface area contributed by atoms with Crippen molar-refractivity contribution in [3.63, 3.8) is 0 Å². The first-order valence-electron chi connectivity index (χ1n) is 11.5. The van der Waals surface area contributed by atoms with E-state index >= 15 is 0 Å². The van der Waals surface area contributed by atoms with Crippen molar-refractivity contribution in [2.24, 2.45) is 4.99 Å². The van der Waals surface area contributed by atoms with Gasteiger partial charge in [0.2, 0.25) is 0 Å². The van der Waals surface area contributed by atoms with E-state index < -0.39 is 8.07 Å². The molecule has 3 heteroatoms. The summed E-state index contributed by atoms with van der Waals surface area (Å²) in [5, 5.41) is 2.63. The third-order valence-electron chi connectivity index (χ3n) is 5.76. The van der Waals surface area contributed by atoms with E-state index in [0.29, 0.717) is 0 Å². The first-order chi connectivity index (χ1) is 16.2. The van der Waals surface area contributed by atoms with Crippen molar-refractivity contribution < 1.29 is 0 Å². The quantitative estimate of drug-likeness (QED) is 0.222. The van der Waals surface area contributed by atoms with Crippen LogP contribution in [0.1, 0.15) is 25.8 Å². The molecule has 0 heterocycles. The number of allylic oxidation sites excluding steroid dienone is 5.